The third-order valence-electron chi connectivity index (χ3n) is 9.88. The Morgan fingerprint density at radius 3 is 1.22 bits per heavy atom. The standard InChI is InChI=1S/C46H42N4/c1-45(2,3)35-15-21-43-39(27-35)40-28-36(46(4,5)6)16-22-44(40)50(43)38-19-13-32(14-20-38)31-11-17-37(18-12-31)49-41(33-9-7-25-47-29-33)23-24-42(49)34-10-8-26-48-30-34/h7-30H,1-6H3. The van der Waals surface area contributed by atoms with Crippen molar-refractivity contribution in [3.8, 4) is 45.0 Å². The first-order chi connectivity index (χ1) is 24.1. The number of rotatable bonds is 5. The van der Waals surface area contributed by atoms with Crippen LogP contribution < -0.4 is 0 Å². The topological polar surface area (TPSA) is 35.6 Å². The van der Waals surface area contributed by atoms with Crippen molar-refractivity contribution < 1.29 is 0 Å². The smallest absolute Gasteiger partial charge is 0.0550 e. The van der Waals surface area contributed by atoms with Crippen LogP contribution in [0.25, 0.3) is 66.8 Å². The molecule has 0 aliphatic heterocycles. The first kappa shape index (κ1) is 31.5. The van der Waals surface area contributed by atoms with Crippen molar-refractivity contribution in [2.24, 2.45) is 0 Å². The summed E-state index contributed by atoms with van der Waals surface area (Å²) in [6.45, 7) is 13.7. The summed E-state index contributed by atoms with van der Waals surface area (Å²) in [6.07, 6.45) is 7.45. The van der Waals surface area contributed by atoms with Gasteiger partial charge in [0.25, 0.3) is 0 Å². The zero-order valence-corrected chi connectivity index (χ0v) is 29.6. The lowest BCUT2D eigenvalue weighted by molar-refractivity contribution is 0.590. The number of fused-ring (bicyclic) bond motifs is 3. The minimum absolute atomic E-state index is 0.0729. The van der Waals surface area contributed by atoms with Gasteiger partial charge in [-0.05, 0) is 118 Å². The van der Waals surface area contributed by atoms with Crippen LogP contribution >= 0.6 is 0 Å². The predicted octanol–water partition coefficient (Wildman–Crippen LogP) is 12.0. The minimum Gasteiger partial charge on any atom is -0.309 e. The minimum atomic E-state index is 0.0729. The maximum Gasteiger partial charge on any atom is 0.0550 e. The third kappa shape index (κ3) is 5.61. The van der Waals surface area contributed by atoms with Gasteiger partial charge in [-0.3, -0.25) is 9.97 Å². The summed E-state index contributed by atoms with van der Waals surface area (Å²) >= 11 is 0. The highest BCUT2D eigenvalue weighted by Gasteiger charge is 2.21. The molecule has 0 bridgehead atoms. The van der Waals surface area contributed by atoms with Gasteiger partial charge in [0.05, 0.1) is 22.4 Å². The van der Waals surface area contributed by atoms with E-state index in [1.54, 1.807) is 0 Å². The van der Waals surface area contributed by atoms with E-state index in [1.165, 1.54) is 44.1 Å². The van der Waals surface area contributed by atoms with Crippen LogP contribution in [0, 0.1) is 0 Å². The fourth-order valence-corrected chi connectivity index (χ4v) is 7.03. The molecule has 0 saturated carbocycles. The Balaban J connectivity index is 1.18. The van der Waals surface area contributed by atoms with Gasteiger partial charge in [0.1, 0.15) is 0 Å². The molecule has 8 rings (SSSR count). The fraction of sp³-hybridized carbons (Fsp3) is 0.174. The summed E-state index contributed by atoms with van der Waals surface area (Å²) in [7, 11) is 0. The van der Waals surface area contributed by atoms with Crippen molar-refractivity contribution >= 4 is 21.8 Å². The number of pyridine rings is 2. The second-order valence-corrected chi connectivity index (χ2v) is 15.3. The molecular weight excluding hydrogens is 609 g/mol. The Morgan fingerprint density at radius 1 is 0.420 bits per heavy atom. The van der Waals surface area contributed by atoms with Crippen molar-refractivity contribution in [1.29, 1.82) is 0 Å². The number of aromatic nitrogens is 4. The van der Waals surface area contributed by atoms with Crippen LogP contribution in [-0.2, 0) is 10.8 Å². The summed E-state index contributed by atoms with van der Waals surface area (Å²) in [6, 6.07) is 44.3. The largest absolute Gasteiger partial charge is 0.309 e. The molecule has 0 atom stereocenters. The summed E-state index contributed by atoms with van der Waals surface area (Å²) in [5.41, 5.74) is 14.2. The molecule has 246 valence electrons. The predicted molar refractivity (Wildman–Crippen MR) is 209 cm³/mol. The van der Waals surface area contributed by atoms with Gasteiger partial charge >= 0.3 is 0 Å². The quantitative estimate of drug-likeness (QED) is 0.186. The van der Waals surface area contributed by atoms with Crippen molar-refractivity contribution in [3.05, 3.63) is 157 Å². The Labute approximate surface area is 294 Å². The van der Waals surface area contributed by atoms with Crippen LogP contribution in [0.2, 0.25) is 0 Å². The van der Waals surface area contributed by atoms with E-state index in [9.17, 15) is 0 Å². The van der Waals surface area contributed by atoms with E-state index >= 15 is 0 Å². The van der Waals surface area contributed by atoms with E-state index in [1.807, 2.05) is 36.9 Å². The van der Waals surface area contributed by atoms with Gasteiger partial charge in [-0.1, -0.05) is 77.9 Å². The highest BCUT2D eigenvalue weighted by Crippen LogP contribution is 2.38. The average Bonchev–Trinajstić information content (AvgIpc) is 3.71. The van der Waals surface area contributed by atoms with Crippen LogP contribution in [0.3, 0.4) is 0 Å². The molecule has 0 spiro atoms. The lowest BCUT2D eigenvalue weighted by atomic mass is 9.85. The molecule has 0 radical (unpaired) electrons. The molecule has 4 aromatic heterocycles. The number of nitrogens with zero attached hydrogens (tertiary/aromatic N) is 4. The summed E-state index contributed by atoms with van der Waals surface area (Å²) < 4.78 is 4.71. The van der Waals surface area contributed by atoms with Crippen LogP contribution in [0.4, 0.5) is 0 Å². The van der Waals surface area contributed by atoms with E-state index in [-0.39, 0.29) is 10.8 Å². The molecule has 0 saturated heterocycles. The molecule has 4 aromatic carbocycles. The van der Waals surface area contributed by atoms with Gasteiger partial charge < -0.3 is 9.13 Å². The van der Waals surface area contributed by atoms with Gasteiger partial charge in [0.2, 0.25) is 0 Å². The Bertz CT molecular complexity index is 2320. The van der Waals surface area contributed by atoms with Crippen LogP contribution in [0.5, 0.6) is 0 Å². The normalized spacial score (nSPS) is 12.2. The van der Waals surface area contributed by atoms with Gasteiger partial charge in [0.15, 0.2) is 0 Å². The van der Waals surface area contributed by atoms with Gasteiger partial charge in [-0.15, -0.1) is 0 Å². The zero-order valence-electron chi connectivity index (χ0n) is 29.6. The van der Waals surface area contributed by atoms with Crippen molar-refractivity contribution in [3.63, 3.8) is 0 Å². The Hall–Kier alpha value is -5.74. The molecule has 8 aromatic rings. The lowest BCUT2D eigenvalue weighted by Gasteiger charge is -2.19. The van der Waals surface area contributed by atoms with Crippen LogP contribution in [0.15, 0.2) is 146 Å². The van der Waals surface area contributed by atoms with E-state index in [4.69, 9.17) is 0 Å². The molecular formula is C46H42N4. The first-order valence-electron chi connectivity index (χ1n) is 17.4. The molecule has 0 fully saturated rings. The zero-order chi connectivity index (χ0) is 34.6. The highest BCUT2D eigenvalue weighted by atomic mass is 15.0. The molecule has 0 amide bonds. The molecule has 4 heteroatoms. The third-order valence-corrected chi connectivity index (χ3v) is 9.88. The molecule has 0 N–H and O–H groups in total. The maximum atomic E-state index is 4.39. The average molecular weight is 651 g/mol. The summed E-state index contributed by atoms with van der Waals surface area (Å²) in [4.78, 5) is 8.78. The van der Waals surface area contributed by atoms with E-state index < -0.39 is 0 Å². The Kier molecular flexibility index (Phi) is 7.56. The fourth-order valence-electron chi connectivity index (χ4n) is 7.03. The number of hydrogen-bond acceptors (Lipinski definition) is 2. The van der Waals surface area contributed by atoms with Crippen molar-refractivity contribution in [2.45, 2.75) is 52.4 Å². The van der Waals surface area contributed by atoms with Crippen molar-refractivity contribution in [2.75, 3.05) is 0 Å². The first-order valence-corrected chi connectivity index (χ1v) is 17.4. The van der Waals surface area contributed by atoms with E-state index in [0.29, 0.717) is 0 Å². The van der Waals surface area contributed by atoms with Crippen LogP contribution in [0.1, 0.15) is 52.7 Å². The second kappa shape index (κ2) is 12.0. The molecule has 0 aliphatic carbocycles. The monoisotopic (exact) mass is 650 g/mol. The maximum absolute atomic E-state index is 4.39. The van der Waals surface area contributed by atoms with Gasteiger partial charge in [-0.25, -0.2) is 0 Å². The SMILES string of the molecule is CC(C)(C)c1ccc2c(c1)c1cc(C(C)(C)C)ccc1n2-c1ccc(-c2ccc(-n3c(-c4cccnc4)ccc3-c3cccnc3)cc2)cc1. The van der Waals surface area contributed by atoms with Crippen molar-refractivity contribution in [1.82, 2.24) is 19.1 Å². The highest BCUT2D eigenvalue weighted by molar-refractivity contribution is 6.10. The van der Waals surface area contributed by atoms with E-state index in [2.05, 4.69) is 170 Å². The second-order valence-electron chi connectivity index (χ2n) is 15.3. The molecule has 0 aliphatic rings. The Morgan fingerprint density at radius 2 is 0.840 bits per heavy atom. The van der Waals surface area contributed by atoms with Gasteiger partial charge in [-0.2, -0.15) is 0 Å². The van der Waals surface area contributed by atoms with Crippen LogP contribution in [-0.4, -0.2) is 19.1 Å². The van der Waals surface area contributed by atoms with Gasteiger partial charge in [0, 0.05) is 58.1 Å². The van der Waals surface area contributed by atoms with E-state index in [0.717, 1.165) is 33.9 Å². The number of hydrogen-bond donors (Lipinski definition) is 0. The molecule has 50 heavy (non-hydrogen) atoms. The molecule has 0 unspecified atom stereocenters. The summed E-state index contributed by atoms with van der Waals surface area (Å²) in [5, 5.41) is 2.61. The molecule has 4 heterocycles. The summed E-state index contributed by atoms with van der Waals surface area (Å²) in [5.74, 6) is 0. The number of benzene rings is 4. The molecule has 4 nitrogen and oxygen atoms in total. The lowest BCUT2D eigenvalue weighted by Crippen LogP contribution is -2.10.